The highest BCUT2D eigenvalue weighted by molar-refractivity contribution is 5.28. The summed E-state index contributed by atoms with van der Waals surface area (Å²) < 4.78 is 24.7. The van der Waals surface area contributed by atoms with E-state index in [1.54, 1.807) is 18.2 Å². The minimum absolute atomic E-state index is 0.0396. The Kier molecular flexibility index (Phi) is 3.39. The van der Waals surface area contributed by atoms with Crippen LogP contribution in [0.25, 0.3) is 0 Å². The lowest BCUT2D eigenvalue weighted by atomic mass is 10.0. The summed E-state index contributed by atoms with van der Waals surface area (Å²) in [6, 6.07) is 8.26. The van der Waals surface area contributed by atoms with Crippen LogP contribution >= 0.6 is 0 Å². The molecule has 1 rings (SSSR count). The second-order valence-corrected chi connectivity index (χ2v) is 2.66. The van der Waals surface area contributed by atoms with E-state index in [1.807, 2.05) is 6.07 Å². The molecule has 0 saturated heterocycles. The fraction of sp³-hybridized carbons (Fsp3) is 0.300. The summed E-state index contributed by atoms with van der Waals surface area (Å²) in [4.78, 5) is 0. The topological polar surface area (TPSA) is 23.8 Å². The van der Waals surface area contributed by atoms with E-state index in [9.17, 15) is 8.78 Å². The number of aryl methyl sites for hydroxylation is 1. The lowest BCUT2D eigenvalue weighted by Crippen LogP contribution is -1.93. The molecule has 13 heavy (non-hydrogen) atoms. The zero-order valence-electron chi connectivity index (χ0n) is 7.00. The first-order valence-corrected chi connectivity index (χ1v) is 3.98. The Morgan fingerprint density at radius 1 is 1.31 bits per heavy atom. The van der Waals surface area contributed by atoms with Gasteiger partial charge in [-0.05, 0) is 12.0 Å². The fourth-order valence-electron chi connectivity index (χ4n) is 1.17. The van der Waals surface area contributed by atoms with Crippen molar-refractivity contribution >= 4 is 0 Å². The van der Waals surface area contributed by atoms with E-state index in [0.717, 1.165) is 0 Å². The average molecular weight is 181 g/mol. The minimum atomic E-state index is -2.45. The van der Waals surface area contributed by atoms with Crippen LogP contribution in [0.4, 0.5) is 8.78 Å². The van der Waals surface area contributed by atoms with Crippen molar-refractivity contribution in [3.05, 3.63) is 35.4 Å². The fourth-order valence-corrected chi connectivity index (χ4v) is 1.17. The lowest BCUT2D eigenvalue weighted by Gasteiger charge is -2.05. The van der Waals surface area contributed by atoms with Gasteiger partial charge in [0.15, 0.2) is 0 Å². The van der Waals surface area contributed by atoms with Crippen molar-refractivity contribution in [2.75, 3.05) is 0 Å². The highest BCUT2D eigenvalue weighted by atomic mass is 19.3. The Hall–Kier alpha value is -1.43. The largest absolute Gasteiger partial charge is 0.264 e. The van der Waals surface area contributed by atoms with Gasteiger partial charge < -0.3 is 0 Å². The van der Waals surface area contributed by atoms with Crippen LogP contribution in [0.3, 0.4) is 0 Å². The van der Waals surface area contributed by atoms with Crippen LogP contribution in [-0.4, -0.2) is 0 Å². The van der Waals surface area contributed by atoms with Crippen molar-refractivity contribution in [1.29, 1.82) is 5.26 Å². The van der Waals surface area contributed by atoms with Crippen molar-refractivity contribution < 1.29 is 8.78 Å². The number of halogens is 2. The minimum Gasteiger partial charge on any atom is -0.205 e. The highest BCUT2D eigenvalue weighted by Gasteiger charge is 2.10. The molecule has 0 amide bonds. The molecule has 1 aromatic rings. The standard InChI is InChI=1S/C10H9F2N/c11-10(12)9-6-2-1-4-8(9)5-3-7-13/h1-2,4,6,10H,3,5H2. The SMILES string of the molecule is N#CCCc1ccccc1C(F)F. The molecule has 0 aromatic heterocycles. The molecule has 0 heterocycles. The predicted molar refractivity (Wildman–Crippen MR) is 45.3 cm³/mol. The number of alkyl halides is 2. The Labute approximate surface area is 75.6 Å². The van der Waals surface area contributed by atoms with Gasteiger partial charge in [0.25, 0.3) is 6.43 Å². The van der Waals surface area contributed by atoms with E-state index in [4.69, 9.17) is 5.26 Å². The molecule has 0 fully saturated rings. The lowest BCUT2D eigenvalue weighted by molar-refractivity contribution is 0.150. The number of rotatable bonds is 3. The number of nitriles is 1. The Morgan fingerprint density at radius 2 is 2.00 bits per heavy atom. The first-order chi connectivity index (χ1) is 6.25. The summed E-state index contributed by atoms with van der Waals surface area (Å²) in [5.41, 5.74) is 0.608. The summed E-state index contributed by atoms with van der Waals surface area (Å²) in [5.74, 6) is 0. The van der Waals surface area contributed by atoms with Gasteiger partial charge in [-0.15, -0.1) is 0 Å². The smallest absolute Gasteiger partial charge is 0.205 e. The molecule has 0 aliphatic carbocycles. The van der Waals surface area contributed by atoms with Crippen molar-refractivity contribution in [3.63, 3.8) is 0 Å². The van der Waals surface area contributed by atoms with E-state index < -0.39 is 6.43 Å². The first kappa shape index (κ1) is 9.66. The van der Waals surface area contributed by atoms with Gasteiger partial charge in [-0.1, -0.05) is 24.3 Å². The van der Waals surface area contributed by atoms with Gasteiger partial charge in [0.05, 0.1) is 6.07 Å². The maximum Gasteiger partial charge on any atom is 0.264 e. The summed E-state index contributed by atoms with van der Waals surface area (Å²) in [6.45, 7) is 0. The third-order valence-corrected chi connectivity index (χ3v) is 1.80. The van der Waals surface area contributed by atoms with Gasteiger partial charge in [0, 0.05) is 12.0 Å². The second-order valence-electron chi connectivity index (χ2n) is 2.66. The third kappa shape index (κ3) is 2.51. The first-order valence-electron chi connectivity index (χ1n) is 3.98. The van der Waals surface area contributed by atoms with Gasteiger partial charge in [-0.25, -0.2) is 8.78 Å². The molecule has 0 aliphatic heterocycles. The number of hydrogen-bond donors (Lipinski definition) is 0. The third-order valence-electron chi connectivity index (χ3n) is 1.80. The van der Waals surface area contributed by atoms with E-state index in [1.165, 1.54) is 6.07 Å². The molecule has 0 radical (unpaired) electrons. The Balaban J connectivity index is 2.86. The molecule has 3 heteroatoms. The van der Waals surface area contributed by atoms with Crippen molar-refractivity contribution in [1.82, 2.24) is 0 Å². The van der Waals surface area contributed by atoms with Gasteiger partial charge in [-0.2, -0.15) is 5.26 Å². The maximum absolute atomic E-state index is 12.4. The number of hydrogen-bond acceptors (Lipinski definition) is 1. The monoisotopic (exact) mass is 181 g/mol. The molecule has 0 N–H and O–H groups in total. The van der Waals surface area contributed by atoms with Gasteiger partial charge in [0.2, 0.25) is 0 Å². The maximum atomic E-state index is 12.4. The van der Waals surface area contributed by atoms with E-state index in [-0.39, 0.29) is 12.0 Å². The van der Waals surface area contributed by atoms with Crippen molar-refractivity contribution in [2.45, 2.75) is 19.3 Å². The van der Waals surface area contributed by atoms with Crippen molar-refractivity contribution in [3.8, 4) is 6.07 Å². The van der Waals surface area contributed by atoms with Crippen LogP contribution < -0.4 is 0 Å². The normalized spacial score (nSPS) is 10.0. The van der Waals surface area contributed by atoms with Crippen LogP contribution in [0.1, 0.15) is 24.0 Å². The number of nitrogens with zero attached hydrogens (tertiary/aromatic N) is 1. The van der Waals surface area contributed by atoms with Gasteiger partial charge in [0.1, 0.15) is 0 Å². The summed E-state index contributed by atoms with van der Waals surface area (Å²) >= 11 is 0. The molecule has 0 unspecified atom stereocenters. The van der Waals surface area contributed by atoms with Crippen LogP contribution in [0.15, 0.2) is 24.3 Å². The van der Waals surface area contributed by atoms with Crippen LogP contribution in [0.5, 0.6) is 0 Å². The van der Waals surface area contributed by atoms with Crippen molar-refractivity contribution in [2.24, 2.45) is 0 Å². The van der Waals surface area contributed by atoms with Gasteiger partial charge >= 0.3 is 0 Å². The zero-order chi connectivity index (χ0) is 9.68. The molecular weight excluding hydrogens is 172 g/mol. The summed E-state index contributed by atoms with van der Waals surface area (Å²) in [6.07, 6.45) is -1.77. The predicted octanol–water partition coefficient (Wildman–Crippen LogP) is 3.08. The van der Waals surface area contributed by atoms with E-state index >= 15 is 0 Å². The quantitative estimate of drug-likeness (QED) is 0.702. The van der Waals surface area contributed by atoms with E-state index in [2.05, 4.69) is 0 Å². The molecule has 1 nitrogen and oxygen atoms in total. The Bertz CT molecular complexity index is 315. The highest BCUT2D eigenvalue weighted by Crippen LogP contribution is 2.23. The summed E-state index contributed by atoms with van der Waals surface area (Å²) in [5, 5.41) is 8.32. The molecule has 0 spiro atoms. The molecule has 1 aromatic carbocycles. The number of benzene rings is 1. The molecule has 0 aliphatic rings. The summed E-state index contributed by atoms with van der Waals surface area (Å²) in [7, 11) is 0. The molecule has 0 bridgehead atoms. The molecule has 0 atom stereocenters. The van der Waals surface area contributed by atoms with Crippen LogP contribution in [-0.2, 0) is 6.42 Å². The van der Waals surface area contributed by atoms with Gasteiger partial charge in [-0.3, -0.25) is 0 Å². The Morgan fingerprint density at radius 3 is 2.62 bits per heavy atom. The molecular formula is C10H9F2N. The zero-order valence-corrected chi connectivity index (χ0v) is 7.00. The molecule has 68 valence electrons. The van der Waals surface area contributed by atoms with Crippen LogP contribution in [0, 0.1) is 11.3 Å². The molecule has 0 saturated carbocycles. The average Bonchev–Trinajstić information content (AvgIpc) is 2.15. The van der Waals surface area contributed by atoms with Crippen LogP contribution in [0.2, 0.25) is 0 Å². The second kappa shape index (κ2) is 4.56. The van der Waals surface area contributed by atoms with E-state index in [0.29, 0.717) is 12.0 Å².